The van der Waals surface area contributed by atoms with Crippen molar-refractivity contribution in [2.75, 3.05) is 13.2 Å². The van der Waals surface area contributed by atoms with Crippen molar-refractivity contribution < 1.29 is 9.53 Å². The lowest BCUT2D eigenvalue weighted by atomic mass is 9.95. The van der Waals surface area contributed by atoms with Gasteiger partial charge in [0.25, 0.3) is 0 Å². The Morgan fingerprint density at radius 1 is 1.31 bits per heavy atom. The Bertz CT molecular complexity index is 781. The molecule has 6 nitrogen and oxygen atoms in total. The van der Waals surface area contributed by atoms with Crippen LogP contribution >= 0.6 is 23.1 Å². The zero-order valence-electron chi connectivity index (χ0n) is 17.0. The lowest BCUT2D eigenvalue weighted by molar-refractivity contribution is -0.120. The van der Waals surface area contributed by atoms with Crippen molar-refractivity contribution in [2.24, 2.45) is 0 Å². The number of hydrogen-bond acceptors (Lipinski definition) is 6. The van der Waals surface area contributed by atoms with Crippen LogP contribution in [0.5, 0.6) is 0 Å². The molecule has 1 aliphatic carbocycles. The topological polar surface area (TPSA) is 69.0 Å². The molecule has 1 aliphatic heterocycles. The quantitative estimate of drug-likeness (QED) is 0.630. The van der Waals surface area contributed by atoms with Crippen molar-refractivity contribution in [1.29, 1.82) is 0 Å². The van der Waals surface area contributed by atoms with Crippen molar-refractivity contribution in [3.05, 3.63) is 28.2 Å². The summed E-state index contributed by atoms with van der Waals surface area (Å²) in [7, 11) is 0. The van der Waals surface area contributed by atoms with Crippen LogP contribution in [-0.4, -0.2) is 45.2 Å². The van der Waals surface area contributed by atoms with Crippen LogP contribution in [0.4, 0.5) is 0 Å². The number of rotatable bonds is 8. The molecule has 8 heteroatoms. The summed E-state index contributed by atoms with van der Waals surface area (Å²) in [5.74, 6) is 1.07. The SMILES string of the molecule is C[C@@H](Sc1nnc(Cc2cccs2)n1C1CCCCC1)C(=O)NC[C@@H]1CCCO1. The number of aromatic nitrogens is 3. The third kappa shape index (κ3) is 5.41. The van der Waals surface area contributed by atoms with Crippen molar-refractivity contribution in [3.8, 4) is 0 Å². The van der Waals surface area contributed by atoms with Gasteiger partial charge >= 0.3 is 0 Å². The highest BCUT2D eigenvalue weighted by Crippen LogP contribution is 2.34. The van der Waals surface area contributed by atoms with Crippen LogP contribution in [0.25, 0.3) is 0 Å². The molecule has 3 heterocycles. The van der Waals surface area contributed by atoms with E-state index >= 15 is 0 Å². The Balaban J connectivity index is 1.45. The number of nitrogens with zero attached hydrogens (tertiary/aromatic N) is 3. The molecular weight excluding hydrogens is 404 g/mol. The largest absolute Gasteiger partial charge is 0.376 e. The molecular formula is C21H30N4O2S2. The summed E-state index contributed by atoms with van der Waals surface area (Å²) >= 11 is 3.28. The summed E-state index contributed by atoms with van der Waals surface area (Å²) in [6.07, 6.45) is 9.24. The second-order valence-electron chi connectivity index (χ2n) is 7.96. The Morgan fingerprint density at radius 2 is 2.17 bits per heavy atom. The van der Waals surface area contributed by atoms with E-state index in [0.29, 0.717) is 12.6 Å². The van der Waals surface area contributed by atoms with Crippen LogP contribution in [0.3, 0.4) is 0 Å². The normalized spacial score (nSPS) is 21.3. The predicted molar refractivity (Wildman–Crippen MR) is 117 cm³/mol. The number of carbonyl (C=O) groups is 1. The van der Waals surface area contributed by atoms with Crippen LogP contribution in [0.2, 0.25) is 0 Å². The van der Waals surface area contributed by atoms with E-state index in [4.69, 9.17) is 4.74 Å². The molecule has 0 spiro atoms. The third-order valence-corrected chi connectivity index (χ3v) is 7.70. The Labute approximate surface area is 180 Å². The van der Waals surface area contributed by atoms with Crippen LogP contribution in [-0.2, 0) is 16.0 Å². The van der Waals surface area contributed by atoms with Crippen molar-refractivity contribution >= 4 is 29.0 Å². The maximum absolute atomic E-state index is 12.6. The first-order valence-electron chi connectivity index (χ1n) is 10.7. The number of thiophene rings is 1. The summed E-state index contributed by atoms with van der Waals surface area (Å²) in [5, 5.41) is 14.9. The van der Waals surface area contributed by atoms with Crippen LogP contribution in [0, 0.1) is 0 Å². The van der Waals surface area contributed by atoms with E-state index in [-0.39, 0.29) is 17.3 Å². The van der Waals surface area contributed by atoms with Gasteiger partial charge in [-0.2, -0.15) is 0 Å². The van der Waals surface area contributed by atoms with E-state index in [9.17, 15) is 4.79 Å². The molecule has 0 radical (unpaired) electrons. The molecule has 4 rings (SSSR count). The summed E-state index contributed by atoms with van der Waals surface area (Å²) in [5.41, 5.74) is 0. The van der Waals surface area contributed by atoms with Gasteiger partial charge in [-0.3, -0.25) is 4.79 Å². The molecule has 1 saturated heterocycles. The molecule has 1 amide bonds. The second kappa shape index (κ2) is 10.1. The minimum Gasteiger partial charge on any atom is -0.376 e. The number of thioether (sulfide) groups is 1. The Hall–Kier alpha value is -1.38. The summed E-state index contributed by atoms with van der Waals surface area (Å²) in [6.45, 7) is 3.36. The summed E-state index contributed by atoms with van der Waals surface area (Å²) < 4.78 is 7.93. The maximum Gasteiger partial charge on any atom is 0.233 e. The van der Waals surface area contributed by atoms with Gasteiger partial charge in [0, 0.05) is 30.5 Å². The molecule has 0 bridgehead atoms. The fourth-order valence-electron chi connectivity index (χ4n) is 4.16. The fraction of sp³-hybridized carbons (Fsp3) is 0.667. The smallest absolute Gasteiger partial charge is 0.233 e. The van der Waals surface area contributed by atoms with E-state index in [1.807, 2.05) is 6.92 Å². The van der Waals surface area contributed by atoms with Crippen molar-refractivity contribution in [3.63, 3.8) is 0 Å². The Morgan fingerprint density at radius 3 is 2.90 bits per heavy atom. The highest BCUT2D eigenvalue weighted by molar-refractivity contribution is 8.00. The molecule has 2 fully saturated rings. The lowest BCUT2D eigenvalue weighted by Crippen LogP contribution is -2.36. The molecule has 158 valence electrons. The van der Waals surface area contributed by atoms with Gasteiger partial charge in [-0.25, -0.2) is 0 Å². The predicted octanol–water partition coefficient (Wildman–Crippen LogP) is 4.21. The molecule has 2 atom stereocenters. The van der Waals surface area contributed by atoms with E-state index in [2.05, 4.69) is 37.6 Å². The number of nitrogens with one attached hydrogen (secondary N) is 1. The van der Waals surface area contributed by atoms with Crippen LogP contribution in [0.15, 0.2) is 22.7 Å². The number of carbonyl (C=O) groups excluding carboxylic acids is 1. The zero-order valence-corrected chi connectivity index (χ0v) is 18.6. The standard InChI is InChI=1S/C21H30N4O2S2/c1-15(20(26)22-14-17-9-5-11-27-17)29-21-24-23-19(13-18-10-6-12-28-18)25(21)16-7-3-2-4-8-16/h6,10,12,15-17H,2-5,7-9,11,13-14H2,1H3,(H,22,26)/t15-,17+/m1/s1. The van der Waals surface area contributed by atoms with E-state index in [0.717, 1.165) is 36.9 Å². The second-order valence-corrected chi connectivity index (χ2v) is 10.3. The molecule has 29 heavy (non-hydrogen) atoms. The minimum atomic E-state index is -0.211. The highest BCUT2D eigenvalue weighted by atomic mass is 32.2. The van der Waals surface area contributed by atoms with Gasteiger partial charge in [0.2, 0.25) is 5.91 Å². The number of hydrogen-bond donors (Lipinski definition) is 1. The third-order valence-electron chi connectivity index (χ3n) is 5.77. The van der Waals surface area contributed by atoms with Gasteiger partial charge in [-0.1, -0.05) is 37.1 Å². The first-order valence-corrected chi connectivity index (χ1v) is 12.5. The van der Waals surface area contributed by atoms with E-state index < -0.39 is 0 Å². The molecule has 0 aromatic carbocycles. The lowest BCUT2D eigenvalue weighted by Gasteiger charge is -2.26. The number of amides is 1. The molecule has 0 unspecified atom stereocenters. The van der Waals surface area contributed by atoms with Gasteiger partial charge in [-0.05, 0) is 44.1 Å². The fourth-order valence-corrected chi connectivity index (χ4v) is 5.82. The first kappa shape index (κ1) is 20.9. The highest BCUT2D eigenvalue weighted by Gasteiger charge is 2.26. The van der Waals surface area contributed by atoms with Gasteiger partial charge in [0.1, 0.15) is 5.82 Å². The van der Waals surface area contributed by atoms with Crippen LogP contribution < -0.4 is 5.32 Å². The van der Waals surface area contributed by atoms with Gasteiger partial charge in [0.05, 0.1) is 11.4 Å². The maximum atomic E-state index is 12.6. The van der Waals surface area contributed by atoms with Gasteiger partial charge in [-0.15, -0.1) is 21.5 Å². The van der Waals surface area contributed by atoms with Gasteiger partial charge < -0.3 is 14.6 Å². The zero-order chi connectivity index (χ0) is 20.1. The van der Waals surface area contributed by atoms with E-state index in [1.54, 1.807) is 11.3 Å². The summed E-state index contributed by atoms with van der Waals surface area (Å²) in [6, 6.07) is 4.68. The molecule has 1 N–H and O–H groups in total. The first-order chi connectivity index (χ1) is 14.2. The minimum absolute atomic E-state index is 0.0449. The summed E-state index contributed by atoms with van der Waals surface area (Å²) in [4.78, 5) is 13.9. The Kier molecular flexibility index (Phi) is 7.26. The monoisotopic (exact) mass is 434 g/mol. The average Bonchev–Trinajstić information content (AvgIpc) is 3.50. The van der Waals surface area contributed by atoms with E-state index in [1.165, 1.54) is 48.7 Å². The molecule has 2 aromatic rings. The van der Waals surface area contributed by atoms with Crippen molar-refractivity contribution in [1.82, 2.24) is 20.1 Å². The number of ether oxygens (including phenoxy) is 1. The van der Waals surface area contributed by atoms with Crippen molar-refractivity contribution in [2.45, 2.75) is 80.8 Å². The van der Waals surface area contributed by atoms with Gasteiger partial charge in [0.15, 0.2) is 5.16 Å². The average molecular weight is 435 g/mol. The van der Waals surface area contributed by atoms with Crippen LogP contribution in [0.1, 0.15) is 68.6 Å². The molecule has 2 aromatic heterocycles. The molecule has 1 saturated carbocycles. The molecule has 2 aliphatic rings.